The summed E-state index contributed by atoms with van der Waals surface area (Å²) in [6.07, 6.45) is 0.434. The number of nitrogens with one attached hydrogen (secondary N) is 1. The molecule has 0 aliphatic heterocycles. The number of amides is 2. The minimum atomic E-state index is -0.968. The van der Waals surface area contributed by atoms with Gasteiger partial charge < -0.3 is 15.3 Å². The molecule has 0 aromatic heterocycles. The van der Waals surface area contributed by atoms with Crippen LogP contribution >= 0.6 is 11.6 Å². The zero-order valence-electron chi connectivity index (χ0n) is 22.3. The molecule has 2 amide bonds. The highest BCUT2D eigenvalue weighted by Gasteiger charge is 2.22. The number of hydrogen-bond donors (Lipinski definition) is 2. The van der Waals surface area contributed by atoms with Gasteiger partial charge in [-0.2, -0.15) is 0 Å². The van der Waals surface area contributed by atoms with E-state index in [0.29, 0.717) is 46.8 Å². The lowest BCUT2D eigenvalue weighted by molar-refractivity contribution is -0.137. The normalized spacial score (nSPS) is 10.7. The molecule has 0 fully saturated rings. The van der Waals surface area contributed by atoms with Gasteiger partial charge in [0.1, 0.15) is 0 Å². The van der Waals surface area contributed by atoms with Crippen LogP contribution in [0.3, 0.4) is 0 Å². The van der Waals surface area contributed by atoms with Crippen LogP contribution in [0.4, 0.5) is 0 Å². The Morgan fingerprint density at radius 1 is 0.750 bits per heavy atom. The first-order valence-electron chi connectivity index (χ1n) is 13.1. The lowest BCUT2D eigenvalue weighted by atomic mass is 9.94. The fourth-order valence-corrected chi connectivity index (χ4v) is 4.56. The first kappa shape index (κ1) is 28.6. The number of halogens is 1. The number of carboxylic acid groups (broad SMARTS) is 1. The number of carbonyl (C=O) groups excluding carboxylic acids is 2. The van der Waals surface area contributed by atoms with Crippen LogP contribution in [-0.2, 0) is 17.8 Å². The number of aryl methyl sites for hydroxylation is 1. The van der Waals surface area contributed by atoms with Gasteiger partial charge in [-0.05, 0) is 59.9 Å². The van der Waals surface area contributed by atoms with Crippen molar-refractivity contribution in [2.24, 2.45) is 0 Å². The second-order valence-corrected chi connectivity index (χ2v) is 10.0. The molecule has 6 nitrogen and oxygen atoms in total. The van der Waals surface area contributed by atoms with Crippen molar-refractivity contribution in [1.82, 2.24) is 10.2 Å². The second kappa shape index (κ2) is 13.6. The van der Waals surface area contributed by atoms with Crippen LogP contribution in [0.5, 0.6) is 0 Å². The molecule has 0 saturated carbocycles. The average Bonchev–Trinajstić information content (AvgIpc) is 2.97. The van der Waals surface area contributed by atoms with Gasteiger partial charge in [-0.25, -0.2) is 0 Å². The molecule has 4 aromatic rings. The van der Waals surface area contributed by atoms with Crippen LogP contribution in [-0.4, -0.2) is 40.9 Å². The van der Waals surface area contributed by atoms with Crippen molar-refractivity contribution in [3.05, 3.63) is 130 Å². The number of benzene rings is 4. The molecular weight excluding hydrogens is 524 g/mol. The van der Waals surface area contributed by atoms with Crippen LogP contribution in [0.2, 0.25) is 5.02 Å². The van der Waals surface area contributed by atoms with E-state index in [-0.39, 0.29) is 24.8 Å². The van der Waals surface area contributed by atoms with Gasteiger partial charge in [0.15, 0.2) is 0 Å². The summed E-state index contributed by atoms with van der Waals surface area (Å²) < 4.78 is 0. The highest BCUT2D eigenvalue weighted by molar-refractivity contribution is 6.30. The molecule has 0 unspecified atom stereocenters. The topological polar surface area (TPSA) is 86.7 Å². The van der Waals surface area contributed by atoms with E-state index in [1.54, 1.807) is 41.3 Å². The second-order valence-electron chi connectivity index (χ2n) is 9.57. The molecule has 4 aromatic carbocycles. The van der Waals surface area contributed by atoms with Gasteiger partial charge in [-0.3, -0.25) is 14.4 Å². The fourth-order valence-electron chi connectivity index (χ4n) is 4.43. The van der Waals surface area contributed by atoms with Gasteiger partial charge in [-0.1, -0.05) is 90.0 Å². The van der Waals surface area contributed by atoms with Gasteiger partial charge >= 0.3 is 5.97 Å². The first-order chi connectivity index (χ1) is 19.3. The quantitative estimate of drug-likeness (QED) is 0.224. The maximum atomic E-state index is 13.9. The van der Waals surface area contributed by atoms with E-state index in [1.807, 2.05) is 67.6 Å². The van der Waals surface area contributed by atoms with Crippen LogP contribution in [0.15, 0.2) is 97.1 Å². The van der Waals surface area contributed by atoms with Crippen molar-refractivity contribution < 1.29 is 19.5 Å². The van der Waals surface area contributed by atoms with Gasteiger partial charge in [0.25, 0.3) is 11.8 Å². The Labute approximate surface area is 239 Å². The van der Waals surface area contributed by atoms with Crippen molar-refractivity contribution in [2.45, 2.75) is 26.3 Å². The van der Waals surface area contributed by atoms with Crippen LogP contribution in [0.1, 0.15) is 43.8 Å². The SMILES string of the molecule is Cc1ccc(CCN(CCC(=O)O)C(=O)c2ccccc2-c2ccccc2C(=O)NCc2ccc(Cl)cc2)cc1. The van der Waals surface area contributed by atoms with E-state index in [2.05, 4.69) is 5.32 Å². The van der Waals surface area contributed by atoms with Gasteiger partial charge in [-0.15, -0.1) is 0 Å². The largest absolute Gasteiger partial charge is 0.481 e. The van der Waals surface area contributed by atoms with E-state index >= 15 is 0 Å². The van der Waals surface area contributed by atoms with Gasteiger partial charge in [0.2, 0.25) is 0 Å². The van der Waals surface area contributed by atoms with E-state index in [4.69, 9.17) is 11.6 Å². The number of aliphatic carboxylic acids is 1. The van der Waals surface area contributed by atoms with Crippen molar-refractivity contribution in [3.63, 3.8) is 0 Å². The van der Waals surface area contributed by atoms with E-state index in [0.717, 1.165) is 16.7 Å². The van der Waals surface area contributed by atoms with Crippen molar-refractivity contribution in [3.8, 4) is 11.1 Å². The van der Waals surface area contributed by atoms with Crippen molar-refractivity contribution in [2.75, 3.05) is 13.1 Å². The molecule has 0 aliphatic rings. The van der Waals surface area contributed by atoms with Gasteiger partial charge in [0.05, 0.1) is 6.42 Å². The molecule has 7 heteroatoms. The molecule has 2 N–H and O–H groups in total. The van der Waals surface area contributed by atoms with E-state index in [9.17, 15) is 19.5 Å². The molecule has 0 bridgehead atoms. The third-order valence-electron chi connectivity index (χ3n) is 6.66. The summed E-state index contributed by atoms with van der Waals surface area (Å²) >= 11 is 5.97. The predicted octanol–water partition coefficient (Wildman–Crippen LogP) is 6.41. The average molecular weight is 555 g/mol. The maximum absolute atomic E-state index is 13.9. The minimum absolute atomic E-state index is 0.0809. The summed E-state index contributed by atoms with van der Waals surface area (Å²) in [7, 11) is 0. The fraction of sp³-hybridized carbons (Fsp3) is 0.182. The summed E-state index contributed by atoms with van der Waals surface area (Å²) in [4.78, 5) is 40.1. The third kappa shape index (κ3) is 7.58. The van der Waals surface area contributed by atoms with E-state index in [1.165, 1.54) is 0 Å². The van der Waals surface area contributed by atoms with Crippen LogP contribution in [0, 0.1) is 6.92 Å². The summed E-state index contributed by atoms with van der Waals surface area (Å²) in [5.74, 6) is -1.51. The highest BCUT2D eigenvalue weighted by Crippen LogP contribution is 2.28. The van der Waals surface area contributed by atoms with Gasteiger partial charge in [0, 0.05) is 35.8 Å². The Bertz CT molecular complexity index is 1480. The smallest absolute Gasteiger partial charge is 0.305 e. The Kier molecular flexibility index (Phi) is 9.71. The number of nitrogens with zero attached hydrogens (tertiary/aromatic N) is 1. The molecule has 0 saturated heterocycles. The van der Waals surface area contributed by atoms with Crippen LogP contribution < -0.4 is 5.32 Å². The lowest BCUT2D eigenvalue weighted by Crippen LogP contribution is -2.35. The minimum Gasteiger partial charge on any atom is -0.481 e. The Morgan fingerprint density at radius 2 is 1.32 bits per heavy atom. The third-order valence-corrected chi connectivity index (χ3v) is 6.91. The molecule has 0 radical (unpaired) electrons. The number of rotatable bonds is 11. The number of hydrogen-bond acceptors (Lipinski definition) is 3. The molecule has 40 heavy (non-hydrogen) atoms. The monoisotopic (exact) mass is 554 g/mol. The summed E-state index contributed by atoms with van der Waals surface area (Å²) in [5.41, 5.74) is 5.20. The number of carboxylic acids is 1. The standard InChI is InChI=1S/C33H31ClN2O4/c1-23-10-12-24(13-11-23)18-20-36(21-19-31(37)38)33(40)30-9-5-3-7-28(30)27-6-2-4-8-29(27)32(39)35-22-25-14-16-26(34)17-15-25/h2-17H,18-22H2,1H3,(H,35,39)(H,37,38). The molecule has 0 atom stereocenters. The van der Waals surface area contributed by atoms with Crippen molar-refractivity contribution in [1.29, 1.82) is 0 Å². The zero-order chi connectivity index (χ0) is 28.5. The molecule has 4 rings (SSSR count). The number of carbonyl (C=O) groups is 3. The predicted molar refractivity (Wildman–Crippen MR) is 158 cm³/mol. The Morgan fingerprint density at radius 3 is 1.98 bits per heavy atom. The molecule has 0 heterocycles. The first-order valence-corrected chi connectivity index (χ1v) is 13.5. The molecular formula is C33H31ClN2O4. The Hall–Kier alpha value is -4.42. The lowest BCUT2D eigenvalue weighted by Gasteiger charge is -2.24. The highest BCUT2D eigenvalue weighted by atomic mass is 35.5. The molecule has 0 spiro atoms. The Balaban J connectivity index is 1.59. The zero-order valence-corrected chi connectivity index (χ0v) is 23.0. The summed E-state index contributed by atoms with van der Waals surface area (Å²) in [6.45, 7) is 2.79. The summed E-state index contributed by atoms with van der Waals surface area (Å²) in [5, 5.41) is 12.9. The summed E-state index contributed by atoms with van der Waals surface area (Å²) in [6, 6.07) is 29.6. The van der Waals surface area contributed by atoms with Crippen molar-refractivity contribution >= 4 is 29.4 Å². The maximum Gasteiger partial charge on any atom is 0.305 e. The van der Waals surface area contributed by atoms with Crippen LogP contribution in [0.25, 0.3) is 11.1 Å². The molecule has 0 aliphatic carbocycles. The molecule has 204 valence electrons. The van der Waals surface area contributed by atoms with E-state index < -0.39 is 5.97 Å².